The van der Waals surface area contributed by atoms with Gasteiger partial charge in [-0.1, -0.05) is 18.5 Å². The number of hydrogen-bond donors (Lipinski definition) is 1. The number of nitrogens with one attached hydrogen (secondary N) is 1. The van der Waals surface area contributed by atoms with E-state index in [0.29, 0.717) is 29.4 Å². The maximum atomic E-state index is 12.8. The fourth-order valence-electron chi connectivity index (χ4n) is 3.09. The summed E-state index contributed by atoms with van der Waals surface area (Å²) >= 11 is 5.95. The summed E-state index contributed by atoms with van der Waals surface area (Å²) in [7, 11) is 0. The zero-order valence-electron chi connectivity index (χ0n) is 15.5. The van der Waals surface area contributed by atoms with Gasteiger partial charge in [-0.2, -0.15) is 0 Å². The Morgan fingerprint density at radius 3 is 2.56 bits per heavy atom. The lowest BCUT2D eigenvalue weighted by atomic mass is 10.1. The Balaban J connectivity index is 1.71. The number of carbonyl (C=O) groups is 2. The van der Waals surface area contributed by atoms with Crippen LogP contribution < -0.4 is 5.32 Å². The van der Waals surface area contributed by atoms with Crippen LogP contribution in [0.4, 0.5) is 5.69 Å². The second-order valence-electron chi connectivity index (χ2n) is 6.57. The van der Waals surface area contributed by atoms with Crippen LogP contribution in [0, 0.1) is 6.92 Å². The molecule has 142 valence electrons. The third-order valence-corrected chi connectivity index (χ3v) is 5.02. The topological polar surface area (TPSA) is 65.5 Å². The Bertz CT molecular complexity index is 848. The molecule has 1 aliphatic heterocycles. The third-order valence-electron chi connectivity index (χ3n) is 4.78. The molecule has 6 nitrogen and oxygen atoms in total. The number of carbonyl (C=O) groups excluding carboxylic acids is 2. The van der Waals surface area contributed by atoms with Crippen LogP contribution in [0.1, 0.15) is 33.3 Å². The molecule has 2 heterocycles. The molecule has 1 aromatic carbocycles. The van der Waals surface area contributed by atoms with Crippen LogP contribution in [0.2, 0.25) is 5.02 Å². The number of amides is 2. The minimum atomic E-state index is -0.356. The van der Waals surface area contributed by atoms with Crippen molar-refractivity contribution in [2.75, 3.05) is 38.0 Å². The molecule has 2 amide bonds. The highest BCUT2D eigenvalue weighted by molar-refractivity contribution is 6.30. The van der Waals surface area contributed by atoms with Gasteiger partial charge in [0.2, 0.25) is 0 Å². The standard InChI is InChI=1S/C20H23ClN4O2/c1-3-24-8-10-25(11-9-24)20(27)15-6-7-22-18(13-15)19(26)23-17-5-4-16(21)12-14(17)2/h4-7,12-13H,3,8-11H2,1-2H3,(H,23,26). The molecule has 3 rings (SSSR count). The van der Waals surface area contributed by atoms with Gasteiger partial charge in [0, 0.05) is 48.6 Å². The molecule has 0 spiro atoms. The molecule has 1 saturated heterocycles. The van der Waals surface area contributed by atoms with Gasteiger partial charge in [-0.05, 0) is 49.4 Å². The summed E-state index contributed by atoms with van der Waals surface area (Å²) in [6.07, 6.45) is 1.50. The van der Waals surface area contributed by atoms with Gasteiger partial charge in [0.15, 0.2) is 0 Å². The summed E-state index contributed by atoms with van der Waals surface area (Å²) in [4.78, 5) is 33.6. The molecular formula is C20H23ClN4O2. The average molecular weight is 387 g/mol. The quantitative estimate of drug-likeness (QED) is 0.877. The minimum Gasteiger partial charge on any atom is -0.336 e. The second-order valence-corrected chi connectivity index (χ2v) is 7.01. The molecule has 27 heavy (non-hydrogen) atoms. The number of aryl methyl sites for hydroxylation is 1. The maximum Gasteiger partial charge on any atom is 0.274 e. The zero-order chi connectivity index (χ0) is 19.4. The first kappa shape index (κ1) is 19.3. The summed E-state index contributed by atoms with van der Waals surface area (Å²) in [5.41, 5.74) is 2.21. The van der Waals surface area contributed by atoms with Crippen LogP contribution in [-0.4, -0.2) is 59.3 Å². The number of benzene rings is 1. The molecule has 1 aromatic heterocycles. The fourth-order valence-corrected chi connectivity index (χ4v) is 3.32. The van der Waals surface area contributed by atoms with E-state index in [1.165, 1.54) is 6.20 Å². The van der Waals surface area contributed by atoms with Crippen molar-refractivity contribution in [2.45, 2.75) is 13.8 Å². The monoisotopic (exact) mass is 386 g/mol. The molecule has 0 atom stereocenters. The smallest absolute Gasteiger partial charge is 0.274 e. The van der Waals surface area contributed by atoms with Crippen LogP contribution >= 0.6 is 11.6 Å². The summed E-state index contributed by atoms with van der Waals surface area (Å²) in [5.74, 6) is -0.421. The zero-order valence-corrected chi connectivity index (χ0v) is 16.3. The van der Waals surface area contributed by atoms with Gasteiger partial charge in [0.1, 0.15) is 5.69 Å². The summed E-state index contributed by atoms with van der Waals surface area (Å²) < 4.78 is 0. The number of piperazine rings is 1. The van der Waals surface area contributed by atoms with Crippen molar-refractivity contribution in [3.63, 3.8) is 0 Å². The first-order valence-corrected chi connectivity index (χ1v) is 9.41. The number of nitrogens with zero attached hydrogens (tertiary/aromatic N) is 3. The Labute approximate surface area is 164 Å². The van der Waals surface area contributed by atoms with Crippen LogP contribution in [0.3, 0.4) is 0 Å². The van der Waals surface area contributed by atoms with Crippen LogP contribution in [0.25, 0.3) is 0 Å². The van der Waals surface area contributed by atoms with Gasteiger partial charge >= 0.3 is 0 Å². The highest BCUT2D eigenvalue weighted by Gasteiger charge is 2.22. The predicted octanol–water partition coefficient (Wildman–Crippen LogP) is 3.07. The number of likely N-dealkylation sites (N-methyl/N-ethyl adjacent to an activating group) is 1. The van der Waals surface area contributed by atoms with E-state index in [4.69, 9.17) is 11.6 Å². The number of rotatable bonds is 4. The SMILES string of the molecule is CCN1CCN(C(=O)c2ccnc(C(=O)Nc3ccc(Cl)cc3C)c2)CC1. The summed E-state index contributed by atoms with van der Waals surface area (Å²) in [5, 5.41) is 3.43. The number of hydrogen-bond acceptors (Lipinski definition) is 4. The number of pyridine rings is 1. The average Bonchev–Trinajstić information content (AvgIpc) is 2.69. The molecule has 0 bridgehead atoms. The summed E-state index contributed by atoms with van der Waals surface area (Å²) in [6, 6.07) is 8.44. The van der Waals surface area contributed by atoms with Crippen molar-refractivity contribution in [3.8, 4) is 0 Å². The van der Waals surface area contributed by atoms with E-state index in [2.05, 4.69) is 22.1 Å². The van der Waals surface area contributed by atoms with E-state index in [0.717, 1.165) is 25.2 Å². The Morgan fingerprint density at radius 1 is 1.15 bits per heavy atom. The lowest BCUT2D eigenvalue weighted by molar-refractivity contribution is 0.0643. The largest absolute Gasteiger partial charge is 0.336 e. The van der Waals surface area contributed by atoms with Crippen LogP contribution in [0.5, 0.6) is 0 Å². The van der Waals surface area contributed by atoms with Crippen molar-refractivity contribution in [2.24, 2.45) is 0 Å². The molecule has 2 aromatic rings. The van der Waals surface area contributed by atoms with Gasteiger partial charge in [-0.15, -0.1) is 0 Å². The van der Waals surface area contributed by atoms with Gasteiger partial charge in [0.05, 0.1) is 0 Å². The number of anilines is 1. The van der Waals surface area contributed by atoms with Crippen molar-refractivity contribution in [1.29, 1.82) is 0 Å². The predicted molar refractivity (Wildman–Crippen MR) is 106 cm³/mol. The lowest BCUT2D eigenvalue weighted by Crippen LogP contribution is -2.48. The minimum absolute atomic E-state index is 0.0649. The van der Waals surface area contributed by atoms with Gasteiger partial charge in [-0.3, -0.25) is 14.6 Å². The van der Waals surface area contributed by atoms with E-state index in [-0.39, 0.29) is 17.5 Å². The van der Waals surface area contributed by atoms with Crippen LogP contribution in [0.15, 0.2) is 36.5 Å². The van der Waals surface area contributed by atoms with Crippen molar-refractivity contribution >= 4 is 29.1 Å². The normalized spacial score (nSPS) is 14.9. The molecule has 0 saturated carbocycles. The highest BCUT2D eigenvalue weighted by Crippen LogP contribution is 2.20. The van der Waals surface area contributed by atoms with Gasteiger partial charge in [0.25, 0.3) is 11.8 Å². The third kappa shape index (κ3) is 4.64. The molecule has 0 aliphatic carbocycles. The van der Waals surface area contributed by atoms with Gasteiger partial charge < -0.3 is 15.1 Å². The van der Waals surface area contributed by atoms with Crippen molar-refractivity contribution < 1.29 is 9.59 Å². The van der Waals surface area contributed by atoms with Gasteiger partial charge in [-0.25, -0.2) is 0 Å². The highest BCUT2D eigenvalue weighted by atomic mass is 35.5. The Hall–Kier alpha value is -2.44. The molecule has 7 heteroatoms. The fraction of sp³-hybridized carbons (Fsp3) is 0.350. The van der Waals surface area contributed by atoms with E-state index in [9.17, 15) is 9.59 Å². The lowest BCUT2D eigenvalue weighted by Gasteiger charge is -2.34. The van der Waals surface area contributed by atoms with E-state index in [1.54, 1.807) is 30.3 Å². The Kier molecular flexibility index (Phi) is 6.08. The van der Waals surface area contributed by atoms with E-state index >= 15 is 0 Å². The van der Waals surface area contributed by atoms with E-state index < -0.39 is 0 Å². The summed E-state index contributed by atoms with van der Waals surface area (Å²) in [6.45, 7) is 8.11. The number of aromatic nitrogens is 1. The second kappa shape index (κ2) is 8.50. The molecule has 1 fully saturated rings. The van der Waals surface area contributed by atoms with Crippen LogP contribution in [-0.2, 0) is 0 Å². The maximum absolute atomic E-state index is 12.8. The molecule has 1 N–H and O–H groups in total. The molecule has 0 unspecified atom stereocenters. The van der Waals surface area contributed by atoms with Crippen molar-refractivity contribution in [1.82, 2.24) is 14.8 Å². The first-order valence-electron chi connectivity index (χ1n) is 9.03. The molecule has 1 aliphatic rings. The molecular weight excluding hydrogens is 364 g/mol. The van der Waals surface area contributed by atoms with E-state index in [1.807, 2.05) is 11.8 Å². The Morgan fingerprint density at radius 2 is 1.89 bits per heavy atom. The number of halogens is 1. The van der Waals surface area contributed by atoms with Crippen molar-refractivity contribution in [3.05, 3.63) is 58.4 Å². The first-order chi connectivity index (χ1) is 13.0. The molecule has 0 radical (unpaired) electrons.